The number of ether oxygens (including phenoxy) is 3. The lowest BCUT2D eigenvalue weighted by Crippen LogP contribution is -2.57. The third-order valence-electron chi connectivity index (χ3n) is 11.3. The number of rotatable bonds is 7. The van der Waals surface area contributed by atoms with Crippen molar-refractivity contribution in [2.45, 2.75) is 120 Å². The van der Waals surface area contributed by atoms with Crippen molar-refractivity contribution in [3.8, 4) is 11.6 Å². The third kappa shape index (κ3) is 9.33. The molecule has 6 atom stereocenters. The number of halogens is 1. The van der Waals surface area contributed by atoms with E-state index in [0.717, 1.165) is 55.7 Å². The van der Waals surface area contributed by atoms with Crippen molar-refractivity contribution >= 4 is 44.6 Å². The molecule has 3 aliphatic carbocycles. The number of hydrogen-bond acceptors (Lipinski definition) is 10. The number of allylic oxidation sites excluding steroid dienone is 1. The van der Waals surface area contributed by atoms with Crippen molar-refractivity contribution in [1.29, 1.82) is 0 Å². The fraction of sp³-hybridized carbons (Fsp3) is 0.615. The molecule has 3 saturated carbocycles. The topological polar surface area (TPSA) is 196 Å². The molecule has 7 rings (SSSR count). The van der Waals surface area contributed by atoms with Crippen LogP contribution in [0.1, 0.15) is 95.2 Å². The molecule has 4 amide bonds. The summed E-state index contributed by atoms with van der Waals surface area (Å²) in [5.74, 6) is -0.764. The van der Waals surface area contributed by atoms with Crippen LogP contribution >= 0.6 is 0 Å². The fourth-order valence-electron chi connectivity index (χ4n) is 7.99. The zero-order valence-electron chi connectivity index (χ0n) is 31.6. The highest BCUT2D eigenvalue weighted by Gasteiger charge is 2.64. The Morgan fingerprint density at radius 1 is 1.07 bits per heavy atom. The van der Waals surface area contributed by atoms with Crippen LogP contribution in [0.5, 0.6) is 11.6 Å². The number of carbonyl (C=O) groups excluding carboxylic acids is 4. The highest BCUT2D eigenvalue weighted by molar-refractivity contribution is 7.91. The first-order valence-electron chi connectivity index (χ1n) is 19.2. The number of nitrogens with zero attached hydrogens (tertiary/aromatic N) is 2. The molecule has 4 N–H and O–H groups in total. The first-order valence-corrected chi connectivity index (χ1v) is 20.7. The first-order chi connectivity index (χ1) is 26.1. The molecule has 2 aromatic rings. The van der Waals surface area contributed by atoms with E-state index in [1.165, 1.54) is 4.90 Å². The van der Waals surface area contributed by atoms with Crippen LogP contribution in [-0.4, -0.2) is 84.6 Å². The lowest BCUT2D eigenvalue weighted by Gasteiger charge is -2.27. The number of fused-ring (bicyclic) bond motifs is 3. The van der Waals surface area contributed by atoms with Crippen LogP contribution in [0.2, 0.25) is 0 Å². The van der Waals surface area contributed by atoms with E-state index >= 15 is 0 Å². The summed E-state index contributed by atoms with van der Waals surface area (Å²) in [4.78, 5) is 57.3. The Kier molecular flexibility index (Phi) is 11.9. The van der Waals surface area contributed by atoms with Crippen molar-refractivity contribution < 1.29 is 50.5 Å². The van der Waals surface area contributed by atoms with E-state index in [4.69, 9.17) is 19.9 Å². The van der Waals surface area contributed by atoms with Crippen molar-refractivity contribution in [2.24, 2.45) is 23.5 Å². The van der Waals surface area contributed by atoms with Gasteiger partial charge in [0.1, 0.15) is 29.5 Å². The van der Waals surface area contributed by atoms with Gasteiger partial charge in [-0.05, 0) is 92.9 Å². The zero-order chi connectivity index (χ0) is 39.5. The number of pyridine rings is 1. The SMILES string of the molecule is COc1ccc2c(O[C@@H]3C[C@H]4C(=O)N[C@]5(C(=O)NS(=O)(=O)C6(F)CC6)C[C@H]5/C=C\CC[C@@H](C)C[C@@H](C)CC(=O)N4C3)nccc2c1.NC(=O)OC1CCCC1.[HH].[HH].[HH]. The monoisotopic (exact) mass is 791 g/mol. The molecule has 1 aromatic heterocycles. The van der Waals surface area contributed by atoms with Gasteiger partial charge in [-0.1, -0.05) is 26.0 Å². The molecule has 306 valence electrons. The number of alkyl halides is 1. The number of carbonyl (C=O) groups is 4. The summed E-state index contributed by atoms with van der Waals surface area (Å²) in [5, 5.41) is 1.93. The minimum absolute atomic E-state index is 0. The average Bonchev–Trinajstić information content (AvgIpc) is 3.90. The van der Waals surface area contributed by atoms with Gasteiger partial charge in [0.25, 0.3) is 15.9 Å². The Hall–Kier alpha value is -4.47. The van der Waals surface area contributed by atoms with Crippen LogP contribution in [0.25, 0.3) is 10.8 Å². The van der Waals surface area contributed by atoms with Crippen LogP contribution < -0.4 is 25.2 Å². The van der Waals surface area contributed by atoms with Gasteiger partial charge in [0.2, 0.25) is 22.7 Å². The van der Waals surface area contributed by atoms with Gasteiger partial charge in [-0.3, -0.25) is 14.4 Å². The Balaban J connectivity index is 0.000000665. The zero-order valence-corrected chi connectivity index (χ0v) is 32.4. The number of nitrogens with one attached hydrogen (secondary N) is 2. The van der Waals surface area contributed by atoms with E-state index in [9.17, 15) is 32.0 Å². The molecule has 0 bridgehead atoms. The van der Waals surface area contributed by atoms with Crippen molar-refractivity contribution in [3.05, 3.63) is 42.6 Å². The average molecular weight is 792 g/mol. The Morgan fingerprint density at radius 3 is 2.51 bits per heavy atom. The predicted molar refractivity (Wildman–Crippen MR) is 207 cm³/mol. The van der Waals surface area contributed by atoms with E-state index in [1.54, 1.807) is 19.4 Å². The van der Waals surface area contributed by atoms with E-state index in [0.29, 0.717) is 17.5 Å². The van der Waals surface area contributed by atoms with Gasteiger partial charge in [-0.25, -0.2) is 27.3 Å². The molecule has 1 saturated heterocycles. The second-order valence-corrected chi connectivity index (χ2v) is 17.8. The van der Waals surface area contributed by atoms with Gasteiger partial charge in [0.05, 0.1) is 13.7 Å². The quantitative estimate of drug-likeness (QED) is 0.300. The fourth-order valence-corrected chi connectivity index (χ4v) is 9.23. The van der Waals surface area contributed by atoms with Gasteiger partial charge in [0, 0.05) is 47.5 Å². The van der Waals surface area contributed by atoms with Gasteiger partial charge < -0.3 is 30.2 Å². The maximum absolute atomic E-state index is 14.6. The second kappa shape index (κ2) is 16.3. The van der Waals surface area contributed by atoms with E-state index in [1.807, 2.05) is 42.0 Å². The molecular weight excluding hydrogens is 734 g/mol. The molecule has 1 aromatic carbocycles. The number of aromatic nitrogens is 1. The normalized spacial score (nSPS) is 29.9. The molecule has 0 unspecified atom stereocenters. The minimum atomic E-state index is -4.58. The summed E-state index contributed by atoms with van der Waals surface area (Å²) < 4.78 is 58.2. The maximum Gasteiger partial charge on any atom is 0.404 e. The summed E-state index contributed by atoms with van der Waals surface area (Å²) in [6.45, 7) is 4.30. The lowest BCUT2D eigenvalue weighted by atomic mass is 9.91. The summed E-state index contributed by atoms with van der Waals surface area (Å²) in [6.07, 6.45) is 11.2. The van der Waals surface area contributed by atoms with Gasteiger partial charge in [-0.15, -0.1) is 0 Å². The minimum Gasteiger partial charge on any atom is -0.497 e. The van der Waals surface area contributed by atoms with Gasteiger partial charge in [-0.2, -0.15) is 0 Å². The van der Waals surface area contributed by atoms with Gasteiger partial charge >= 0.3 is 6.09 Å². The van der Waals surface area contributed by atoms with Gasteiger partial charge in [0.15, 0.2) is 0 Å². The number of hydrogen-bond donors (Lipinski definition) is 3. The molecule has 0 radical (unpaired) electrons. The first kappa shape index (κ1) is 40.2. The number of benzene rings is 1. The smallest absolute Gasteiger partial charge is 0.404 e. The summed E-state index contributed by atoms with van der Waals surface area (Å²) in [5.41, 5.74) is 3.24. The highest BCUT2D eigenvalue weighted by Crippen LogP contribution is 2.48. The molecule has 2 aliphatic heterocycles. The molecule has 4 fully saturated rings. The van der Waals surface area contributed by atoms with Crippen molar-refractivity contribution in [2.75, 3.05) is 13.7 Å². The second-order valence-electron chi connectivity index (χ2n) is 15.8. The van der Waals surface area contributed by atoms with Crippen LogP contribution in [0, 0.1) is 17.8 Å². The molecule has 14 nitrogen and oxygen atoms in total. The number of sulfonamides is 1. The Morgan fingerprint density at radius 2 is 1.82 bits per heavy atom. The molecule has 55 heavy (non-hydrogen) atoms. The van der Waals surface area contributed by atoms with E-state index in [-0.39, 0.29) is 60.9 Å². The van der Waals surface area contributed by atoms with Crippen LogP contribution in [0.3, 0.4) is 0 Å². The van der Waals surface area contributed by atoms with E-state index in [2.05, 4.69) is 17.2 Å². The Bertz CT molecular complexity index is 1930. The number of nitrogens with two attached hydrogens (primary N) is 1. The van der Waals surface area contributed by atoms with Crippen LogP contribution in [0.4, 0.5) is 9.18 Å². The standard InChI is InChI=1S/C33H41FN4O7S.C6H11NO2.3H2/c1-20-6-4-5-7-23-18-33(23,31(41)37-46(42,43)32(34)11-12-32)36-29(40)27-17-25(19-38(27)28(39)15-21(2)14-20)45-30-26-9-8-24(44-3)16-22(26)10-13-35-30;7-6(8)9-5-3-1-2-4-5;;;/h5,7-10,13,16,20-21,23,25,27H,4,6,11-12,14-15,17-19H2,1-3H3,(H,36,40)(H,37,41);5H,1-4H2,(H2,7,8);3*1H/b7-5-;;;;/t20-,21-,23-,25-,27+,33-;;;;/m1..../s1. The summed E-state index contributed by atoms with van der Waals surface area (Å²) >= 11 is 0. The van der Waals surface area contributed by atoms with Crippen molar-refractivity contribution in [1.82, 2.24) is 19.9 Å². The van der Waals surface area contributed by atoms with Crippen LogP contribution in [0.15, 0.2) is 42.6 Å². The van der Waals surface area contributed by atoms with Crippen LogP contribution in [-0.2, 0) is 29.1 Å². The highest BCUT2D eigenvalue weighted by atomic mass is 32.2. The summed E-state index contributed by atoms with van der Waals surface area (Å²) in [7, 11) is -2.99. The molecule has 3 heterocycles. The maximum atomic E-state index is 14.6. The molecule has 5 aliphatic rings. The summed E-state index contributed by atoms with van der Waals surface area (Å²) in [6, 6.07) is 6.37. The number of primary amides is 1. The number of methoxy groups -OCH3 is 1. The number of amides is 4. The third-order valence-corrected chi connectivity index (χ3v) is 13.1. The largest absolute Gasteiger partial charge is 0.497 e. The predicted octanol–water partition coefficient (Wildman–Crippen LogP) is 5.54. The molecule has 0 spiro atoms. The lowest BCUT2D eigenvalue weighted by molar-refractivity contribution is -0.140. The molecular formula is C39H58FN5O9S. The van der Waals surface area contributed by atoms with E-state index < -0.39 is 56.5 Å². The molecule has 16 heteroatoms. The Labute approximate surface area is 325 Å². The van der Waals surface area contributed by atoms with Crippen molar-refractivity contribution in [3.63, 3.8) is 0 Å².